The Morgan fingerprint density at radius 1 is 1.40 bits per heavy atom. The van der Waals surface area contributed by atoms with Gasteiger partial charge < -0.3 is 10.1 Å². The van der Waals surface area contributed by atoms with E-state index < -0.39 is 4.92 Å². The van der Waals surface area contributed by atoms with Crippen LogP contribution in [0.3, 0.4) is 0 Å². The summed E-state index contributed by atoms with van der Waals surface area (Å²) in [6.07, 6.45) is 2.27. The predicted molar refractivity (Wildman–Crippen MR) is 79.2 cm³/mol. The summed E-state index contributed by atoms with van der Waals surface area (Å²) in [4.78, 5) is 10.4. The number of nitrogens with zero attached hydrogens (tertiary/aromatic N) is 1. The van der Waals surface area contributed by atoms with Crippen LogP contribution >= 0.6 is 0 Å². The van der Waals surface area contributed by atoms with E-state index in [2.05, 4.69) is 26.1 Å². The van der Waals surface area contributed by atoms with E-state index >= 15 is 0 Å². The number of methoxy groups -OCH3 is 1. The molecule has 0 amide bonds. The first-order valence-electron chi connectivity index (χ1n) is 6.91. The van der Waals surface area contributed by atoms with E-state index in [-0.39, 0.29) is 5.69 Å². The Kier molecular flexibility index (Phi) is 3.88. The molecule has 1 fully saturated rings. The van der Waals surface area contributed by atoms with Crippen LogP contribution < -0.4 is 10.1 Å². The van der Waals surface area contributed by atoms with Crippen molar-refractivity contribution in [1.29, 1.82) is 0 Å². The molecule has 0 saturated heterocycles. The third-order valence-electron chi connectivity index (χ3n) is 4.07. The number of hydrogen-bond donors (Lipinski definition) is 1. The van der Waals surface area contributed by atoms with Gasteiger partial charge in [-0.15, -0.1) is 0 Å². The van der Waals surface area contributed by atoms with Crippen LogP contribution in [0.4, 0.5) is 11.4 Å². The van der Waals surface area contributed by atoms with Crippen LogP contribution in [0.2, 0.25) is 0 Å². The van der Waals surface area contributed by atoms with Gasteiger partial charge in [-0.25, -0.2) is 0 Å². The van der Waals surface area contributed by atoms with E-state index in [9.17, 15) is 10.1 Å². The number of non-ortho nitro benzene ring substituents is 1. The second kappa shape index (κ2) is 5.31. The lowest BCUT2D eigenvalue weighted by atomic mass is 9.91. The van der Waals surface area contributed by atoms with E-state index in [1.165, 1.54) is 25.7 Å². The summed E-state index contributed by atoms with van der Waals surface area (Å²) in [7, 11) is 1.53. The molecular weight excluding hydrogens is 256 g/mol. The summed E-state index contributed by atoms with van der Waals surface area (Å²) >= 11 is 0. The van der Waals surface area contributed by atoms with Crippen molar-refractivity contribution in [3.05, 3.63) is 28.3 Å². The molecule has 0 spiro atoms. The Morgan fingerprint density at radius 2 is 2.10 bits per heavy atom. The maximum atomic E-state index is 10.8. The van der Waals surface area contributed by atoms with Crippen LogP contribution in [0.1, 0.15) is 33.6 Å². The fourth-order valence-electron chi connectivity index (χ4n) is 3.20. The standard InChI is InChI=1S/C15H22N2O3/c1-10-8-15(2,3)9-13(10)16-12-6-5-11(17(18)19)7-14(12)20-4/h5-7,10,13,16H,8-9H2,1-4H3. The van der Waals surface area contributed by atoms with E-state index in [1.807, 2.05) is 0 Å². The zero-order valence-corrected chi connectivity index (χ0v) is 12.5. The maximum absolute atomic E-state index is 10.8. The molecule has 1 saturated carbocycles. The molecule has 110 valence electrons. The van der Waals surface area contributed by atoms with Crippen molar-refractivity contribution in [3.8, 4) is 5.75 Å². The number of nitro benzene ring substituents is 1. The van der Waals surface area contributed by atoms with Gasteiger partial charge >= 0.3 is 0 Å². The molecule has 20 heavy (non-hydrogen) atoms. The van der Waals surface area contributed by atoms with Crippen LogP contribution in [0.15, 0.2) is 18.2 Å². The lowest BCUT2D eigenvalue weighted by molar-refractivity contribution is -0.384. The molecule has 0 aromatic heterocycles. The Balaban J connectivity index is 2.19. The number of hydrogen-bond acceptors (Lipinski definition) is 4. The van der Waals surface area contributed by atoms with E-state index in [0.717, 1.165) is 12.1 Å². The summed E-state index contributed by atoms with van der Waals surface area (Å²) in [5.41, 5.74) is 1.21. The molecule has 0 aliphatic heterocycles. The summed E-state index contributed by atoms with van der Waals surface area (Å²) in [5, 5.41) is 14.3. The first kappa shape index (κ1) is 14.6. The van der Waals surface area contributed by atoms with Gasteiger partial charge in [0.05, 0.1) is 23.8 Å². The first-order chi connectivity index (χ1) is 9.32. The summed E-state index contributed by atoms with van der Waals surface area (Å²) in [6.45, 7) is 6.79. The van der Waals surface area contributed by atoms with Gasteiger partial charge in [0.2, 0.25) is 0 Å². The Labute approximate surface area is 119 Å². The SMILES string of the molecule is COc1cc([N+](=O)[O-])ccc1NC1CC(C)(C)CC1C. The van der Waals surface area contributed by atoms with Crippen LogP contribution in [-0.2, 0) is 0 Å². The Morgan fingerprint density at radius 3 is 2.60 bits per heavy atom. The molecule has 1 aliphatic rings. The molecule has 5 heteroatoms. The summed E-state index contributed by atoms with van der Waals surface area (Å²) in [6, 6.07) is 5.08. The molecule has 2 rings (SSSR count). The lowest BCUT2D eigenvalue weighted by Crippen LogP contribution is -2.22. The monoisotopic (exact) mass is 278 g/mol. The Bertz CT molecular complexity index is 514. The van der Waals surface area contributed by atoms with Crippen molar-refractivity contribution in [2.24, 2.45) is 11.3 Å². The van der Waals surface area contributed by atoms with Crippen LogP contribution in [0.25, 0.3) is 0 Å². The molecular formula is C15H22N2O3. The van der Waals surface area contributed by atoms with Gasteiger partial charge in [0.25, 0.3) is 5.69 Å². The predicted octanol–water partition coefficient (Wildman–Crippen LogP) is 3.84. The van der Waals surface area contributed by atoms with Crippen molar-refractivity contribution in [3.63, 3.8) is 0 Å². The number of ether oxygens (including phenoxy) is 1. The Hall–Kier alpha value is -1.78. The van der Waals surface area contributed by atoms with Gasteiger partial charge in [0.1, 0.15) is 5.75 Å². The minimum absolute atomic E-state index is 0.0483. The zero-order valence-electron chi connectivity index (χ0n) is 12.5. The quantitative estimate of drug-likeness (QED) is 0.671. The smallest absolute Gasteiger partial charge is 0.273 e. The minimum Gasteiger partial charge on any atom is -0.494 e. The highest BCUT2D eigenvalue weighted by molar-refractivity contribution is 5.61. The van der Waals surface area contributed by atoms with Gasteiger partial charge in [-0.2, -0.15) is 0 Å². The maximum Gasteiger partial charge on any atom is 0.273 e. The highest BCUT2D eigenvalue weighted by Crippen LogP contribution is 2.43. The van der Waals surface area contributed by atoms with Gasteiger partial charge in [0.15, 0.2) is 0 Å². The second-order valence-corrected chi connectivity index (χ2v) is 6.44. The molecule has 1 aliphatic carbocycles. The van der Waals surface area contributed by atoms with E-state index in [4.69, 9.17) is 4.74 Å². The first-order valence-corrected chi connectivity index (χ1v) is 6.91. The average Bonchev–Trinajstić information content (AvgIpc) is 2.62. The highest BCUT2D eigenvalue weighted by Gasteiger charge is 2.36. The van der Waals surface area contributed by atoms with Crippen LogP contribution in [0.5, 0.6) is 5.75 Å². The zero-order chi connectivity index (χ0) is 14.9. The fraction of sp³-hybridized carbons (Fsp3) is 0.600. The molecule has 1 aromatic carbocycles. The summed E-state index contributed by atoms with van der Waals surface area (Å²) in [5.74, 6) is 1.10. The molecule has 0 heterocycles. The van der Waals surface area contributed by atoms with Crippen molar-refractivity contribution in [1.82, 2.24) is 0 Å². The molecule has 1 N–H and O–H groups in total. The number of nitro groups is 1. The largest absolute Gasteiger partial charge is 0.494 e. The molecule has 0 radical (unpaired) electrons. The average molecular weight is 278 g/mol. The third-order valence-corrected chi connectivity index (χ3v) is 4.07. The summed E-state index contributed by atoms with van der Waals surface area (Å²) < 4.78 is 5.27. The number of benzene rings is 1. The van der Waals surface area contributed by atoms with Crippen LogP contribution in [-0.4, -0.2) is 18.1 Å². The van der Waals surface area contributed by atoms with Gasteiger partial charge in [0, 0.05) is 12.1 Å². The minimum atomic E-state index is -0.409. The molecule has 2 atom stereocenters. The molecule has 5 nitrogen and oxygen atoms in total. The lowest BCUT2D eigenvalue weighted by Gasteiger charge is -2.21. The molecule has 1 aromatic rings. The van der Waals surface area contributed by atoms with Gasteiger partial charge in [-0.05, 0) is 30.2 Å². The highest BCUT2D eigenvalue weighted by atomic mass is 16.6. The topological polar surface area (TPSA) is 64.4 Å². The van der Waals surface area contributed by atoms with E-state index in [0.29, 0.717) is 23.1 Å². The van der Waals surface area contributed by atoms with E-state index in [1.54, 1.807) is 6.07 Å². The van der Waals surface area contributed by atoms with Crippen molar-refractivity contribution in [2.45, 2.75) is 39.7 Å². The molecule has 0 bridgehead atoms. The van der Waals surface area contributed by atoms with Crippen LogP contribution in [0, 0.1) is 21.4 Å². The molecule has 2 unspecified atom stereocenters. The van der Waals surface area contributed by atoms with Gasteiger partial charge in [-0.1, -0.05) is 20.8 Å². The number of anilines is 1. The second-order valence-electron chi connectivity index (χ2n) is 6.44. The number of nitrogens with one attached hydrogen (secondary N) is 1. The van der Waals surface area contributed by atoms with Crippen molar-refractivity contribution >= 4 is 11.4 Å². The van der Waals surface area contributed by atoms with Gasteiger partial charge in [-0.3, -0.25) is 10.1 Å². The fourth-order valence-corrected chi connectivity index (χ4v) is 3.20. The normalized spacial score (nSPS) is 24.4. The third kappa shape index (κ3) is 3.03. The number of rotatable bonds is 4. The van der Waals surface area contributed by atoms with Crippen molar-refractivity contribution in [2.75, 3.05) is 12.4 Å². The van der Waals surface area contributed by atoms with Crippen molar-refractivity contribution < 1.29 is 9.66 Å².